The molecule has 0 fully saturated rings. The fourth-order valence-corrected chi connectivity index (χ4v) is 6.75. The average molecular weight is 1090 g/mol. The molecule has 4 heterocycles. The highest BCUT2D eigenvalue weighted by molar-refractivity contribution is 6.10. The van der Waals surface area contributed by atoms with E-state index in [2.05, 4.69) is 40.6 Å². The van der Waals surface area contributed by atoms with Gasteiger partial charge in [0.15, 0.2) is 11.6 Å². The van der Waals surface area contributed by atoms with E-state index in [0.717, 1.165) is 23.4 Å². The number of amides is 2. The summed E-state index contributed by atoms with van der Waals surface area (Å²) in [5, 5.41) is 9.11. The number of hydrogen-bond acceptors (Lipinski definition) is 20. The molecule has 22 nitrogen and oxygen atoms in total. The van der Waals surface area contributed by atoms with E-state index in [9.17, 15) is 31.9 Å². The lowest BCUT2D eigenvalue weighted by molar-refractivity contribution is -0.136. The third-order valence-corrected chi connectivity index (χ3v) is 10.7. The van der Waals surface area contributed by atoms with E-state index in [1.165, 1.54) is 0 Å². The van der Waals surface area contributed by atoms with Gasteiger partial charge >= 0.3 is 5.97 Å². The standard InChI is InChI=1S/C51H68F4N8O14/c1-2-5-57-51(66)36-27-40-42(62-44(56)29-36)28-37(33-59-40)50-61-34-43-41(63-50)26-35(31-58-43)32-60-45(64)3-6-67-8-10-69-12-14-71-16-18-73-20-22-75-24-25-76-23-21-74-19-17-72-15-13-70-11-9-68-7-4-46(65)77-49-47(54)38(52)30-39(53)48(49)55/h26-28,30-31,33H,2-25,29,32,34H2,1H3,(H2,56,62)(H,57,66)(H,60,64)(H,61,63). The highest BCUT2D eigenvalue weighted by Crippen LogP contribution is 2.29. The van der Waals surface area contributed by atoms with Crippen LogP contribution in [0.2, 0.25) is 0 Å². The first-order valence-corrected chi connectivity index (χ1v) is 25.2. The molecule has 77 heavy (non-hydrogen) atoms. The number of rotatable bonds is 40. The van der Waals surface area contributed by atoms with Gasteiger partial charge in [0.2, 0.25) is 29.2 Å². The van der Waals surface area contributed by atoms with Gasteiger partial charge in [0.25, 0.3) is 0 Å². The molecule has 2 aliphatic rings. The minimum Gasteiger partial charge on any atom is -0.420 e. The zero-order chi connectivity index (χ0) is 54.9. The summed E-state index contributed by atoms with van der Waals surface area (Å²) >= 11 is 0. The van der Waals surface area contributed by atoms with Crippen LogP contribution in [-0.2, 0) is 74.8 Å². The number of pyridine rings is 2. The van der Waals surface area contributed by atoms with Gasteiger partial charge in [0.05, 0.1) is 168 Å². The highest BCUT2D eigenvalue weighted by Gasteiger charge is 2.24. The lowest BCUT2D eigenvalue weighted by atomic mass is 10.1. The summed E-state index contributed by atoms with van der Waals surface area (Å²) in [6, 6.07) is 3.77. The van der Waals surface area contributed by atoms with Crippen molar-refractivity contribution in [1.29, 1.82) is 0 Å². The fourth-order valence-electron chi connectivity index (χ4n) is 6.75. The molecular formula is C51H68F4N8O14. The maximum absolute atomic E-state index is 13.6. The molecule has 424 valence electrons. The van der Waals surface area contributed by atoms with Crippen molar-refractivity contribution in [3.05, 3.63) is 81.9 Å². The lowest BCUT2D eigenvalue weighted by Gasteiger charge is -2.19. The highest BCUT2D eigenvalue weighted by atomic mass is 19.2. The molecule has 0 unspecified atom stereocenters. The van der Waals surface area contributed by atoms with Crippen LogP contribution in [0.5, 0.6) is 5.75 Å². The SMILES string of the molecule is CCCNC(=O)C1=Cc2ncc(C3=NCc4ncc(CNC(=O)CCOCCOCCOCCOCCOCCOCCOCCOCCOCCOCCC(=O)Oc5c(F)c(F)cc(F)c5F)cc4N3)cc2N=C(N)C1. The number of nitrogens with two attached hydrogens (primary N) is 1. The van der Waals surface area contributed by atoms with Gasteiger partial charge in [-0.15, -0.1) is 0 Å². The van der Waals surface area contributed by atoms with Crippen LogP contribution in [0.15, 0.2) is 46.2 Å². The Morgan fingerprint density at radius 1 is 0.636 bits per heavy atom. The summed E-state index contributed by atoms with van der Waals surface area (Å²) in [6.07, 6.45) is 5.93. The Hall–Kier alpha value is -6.07. The molecule has 0 aliphatic carbocycles. The van der Waals surface area contributed by atoms with Crippen molar-refractivity contribution < 1.29 is 84.1 Å². The molecule has 26 heteroatoms. The molecule has 1 aromatic carbocycles. The largest absolute Gasteiger partial charge is 0.420 e. The van der Waals surface area contributed by atoms with Gasteiger partial charge in [-0.1, -0.05) is 6.92 Å². The number of hydrogen-bond donors (Lipinski definition) is 4. The predicted octanol–water partition coefficient (Wildman–Crippen LogP) is 3.88. The van der Waals surface area contributed by atoms with E-state index in [1.54, 1.807) is 18.5 Å². The number of aliphatic imine (C=N–C) groups is 2. The maximum Gasteiger partial charge on any atom is 0.313 e. The van der Waals surface area contributed by atoms with Gasteiger partial charge in [-0.3, -0.25) is 29.3 Å². The second-order valence-corrected chi connectivity index (χ2v) is 16.6. The second kappa shape index (κ2) is 36.1. The first-order chi connectivity index (χ1) is 37.5. The Labute approximate surface area is 443 Å². The van der Waals surface area contributed by atoms with Crippen LogP contribution in [-0.4, -0.2) is 178 Å². The minimum atomic E-state index is -1.80. The van der Waals surface area contributed by atoms with Gasteiger partial charge in [-0.25, -0.2) is 13.8 Å². The minimum absolute atomic E-state index is 0.0139. The molecule has 0 saturated heterocycles. The molecule has 0 spiro atoms. The summed E-state index contributed by atoms with van der Waals surface area (Å²) < 4.78 is 112. The number of carbonyl (C=O) groups excluding carboxylic acids is 3. The number of esters is 1. The molecule has 0 radical (unpaired) electrons. The molecule has 2 amide bonds. The molecule has 5 rings (SSSR count). The average Bonchev–Trinajstić information content (AvgIpc) is 3.60. The zero-order valence-electron chi connectivity index (χ0n) is 43.1. The van der Waals surface area contributed by atoms with E-state index >= 15 is 0 Å². The number of anilines is 1. The zero-order valence-corrected chi connectivity index (χ0v) is 43.1. The third kappa shape index (κ3) is 23.6. The lowest BCUT2D eigenvalue weighted by Crippen LogP contribution is -2.27. The number of aromatic nitrogens is 2. The van der Waals surface area contributed by atoms with E-state index in [4.69, 9.17) is 53.1 Å². The predicted molar refractivity (Wildman–Crippen MR) is 271 cm³/mol. The van der Waals surface area contributed by atoms with Crippen molar-refractivity contribution >= 4 is 46.9 Å². The number of amidine groups is 2. The van der Waals surface area contributed by atoms with Crippen LogP contribution in [0.25, 0.3) is 6.08 Å². The van der Waals surface area contributed by atoms with Crippen molar-refractivity contribution in [2.75, 3.05) is 144 Å². The Balaban J connectivity index is 0.738. The Kier molecular flexibility index (Phi) is 29.0. The van der Waals surface area contributed by atoms with Crippen molar-refractivity contribution in [1.82, 2.24) is 20.6 Å². The van der Waals surface area contributed by atoms with Gasteiger partial charge in [-0.2, -0.15) is 8.78 Å². The van der Waals surface area contributed by atoms with Gasteiger partial charge < -0.3 is 73.8 Å². The fraction of sp³-hybridized carbons (Fsp3) is 0.549. The molecular weight excluding hydrogens is 1020 g/mol. The third-order valence-electron chi connectivity index (χ3n) is 10.7. The number of carbonyl (C=O) groups is 3. The van der Waals surface area contributed by atoms with Crippen molar-refractivity contribution in [2.24, 2.45) is 15.7 Å². The van der Waals surface area contributed by atoms with Gasteiger partial charge in [-0.05, 0) is 30.2 Å². The normalized spacial score (nSPS) is 12.9. The Bertz CT molecular complexity index is 2390. The molecule has 0 bridgehead atoms. The summed E-state index contributed by atoms with van der Waals surface area (Å²) in [6.45, 7) is 9.69. The number of fused-ring (bicyclic) bond motifs is 2. The van der Waals surface area contributed by atoms with Crippen LogP contribution in [0.4, 0.5) is 28.9 Å². The van der Waals surface area contributed by atoms with E-state index in [1.807, 2.05) is 19.1 Å². The van der Waals surface area contributed by atoms with Crippen molar-refractivity contribution in [2.45, 2.75) is 45.7 Å². The molecule has 5 N–H and O–H groups in total. The summed E-state index contributed by atoms with van der Waals surface area (Å²) in [7, 11) is 0. The Morgan fingerprint density at radius 3 is 1.66 bits per heavy atom. The Morgan fingerprint density at radius 2 is 1.14 bits per heavy atom. The van der Waals surface area contributed by atoms with Gasteiger partial charge in [0.1, 0.15) is 11.7 Å². The van der Waals surface area contributed by atoms with E-state index in [-0.39, 0.29) is 70.3 Å². The summed E-state index contributed by atoms with van der Waals surface area (Å²) in [5.41, 5.74) is 10.8. The first kappa shape index (κ1) is 61.8. The molecule has 0 saturated carbocycles. The van der Waals surface area contributed by atoms with E-state index in [0.29, 0.717) is 146 Å². The maximum atomic E-state index is 13.6. The number of nitrogens with zero attached hydrogens (tertiary/aromatic N) is 4. The summed E-state index contributed by atoms with van der Waals surface area (Å²) in [5.74, 6) is -8.98. The van der Waals surface area contributed by atoms with E-state index < -0.39 is 41.4 Å². The topological polar surface area (TPSA) is 265 Å². The van der Waals surface area contributed by atoms with Crippen LogP contribution in [0.1, 0.15) is 55.1 Å². The first-order valence-electron chi connectivity index (χ1n) is 25.2. The number of halogens is 4. The van der Waals surface area contributed by atoms with Gasteiger partial charge in [0, 0.05) is 55.5 Å². The van der Waals surface area contributed by atoms with Crippen LogP contribution in [0, 0.1) is 23.3 Å². The molecule has 2 aliphatic heterocycles. The quantitative estimate of drug-likeness (QED) is 0.0207. The number of ether oxygens (including phenoxy) is 11. The van der Waals surface area contributed by atoms with Crippen LogP contribution in [0.3, 0.4) is 0 Å². The van der Waals surface area contributed by atoms with Crippen molar-refractivity contribution in [3.8, 4) is 5.75 Å². The molecule has 0 atom stereocenters. The molecule has 2 aromatic heterocycles. The number of nitrogens with one attached hydrogen (secondary N) is 3. The molecule has 3 aromatic rings. The number of benzene rings is 1. The monoisotopic (exact) mass is 1090 g/mol. The van der Waals surface area contributed by atoms with Crippen LogP contribution >= 0.6 is 0 Å². The summed E-state index contributed by atoms with van der Waals surface area (Å²) in [4.78, 5) is 55.1. The second-order valence-electron chi connectivity index (χ2n) is 16.6. The smallest absolute Gasteiger partial charge is 0.313 e. The van der Waals surface area contributed by atoms with Crippen molar-refractivity contribution in [3.63, 3.8) is 0 Å². The van der Waals surface area contributed by atoms with Crippen LogP contribution < -0.4 is 26.4 Å².